The topological polar surface area (TPSA) is 57.1 Å². The first-order valence-electron chi connectivity index (χ1n) is 5.62. The van der Waals surface area contributed by atoms with Crippen LogP contribution in [0.3, 0.4) is 0 Å². The standard InChI is InChI=1S/C10H21NO4Si/c1-5-13-16(14-6-2,15-7-3)8-10(4)11-9-12/h10H,5-8H2,1-4H3. The van der Waals surface area contributed by atoms with Crippen LogP contribution in [0.2, 0.25) is 6.04 Å². The summed E-state index contributed by atoms with van der Waals surface area (Å²) in [6.07, 6.45) is 1.55. The van der Waals surface area contributed by atoms with Gasteiger partial charge in [0.05, 0.1) is 6.04 Å². The van der Waals surface area contributed by atoms with E-state index >= 15 is 0 Å². The van der Waals surface area contributed by atoms with Gasteiger partial charge in [-0.05, 0) is 27.7 Å². The van der Waals surface area contributed by atoms with E-state index in [1.165, 1.54) is 0 Å². The zero-order valence-electron chi connectivity index (χ0n) is 10.5. The average Bonchev–Trinajstić information content (AvgIpc) is 2.18. The van der Waals surface area contributed by atoms with Crippen molar-refractivity contribution in [1.29, 1.82) is 0 Å². The maximum atomic E-state index is 10.2. The van der Waals surface area contributed by atoms with Crippen LogP contribution in [-0.4, -0.2) is 40.7 Å². The maximum absolute atomic E-state index is 10.2. The quantitative estimate of drug-likeness (QED) is 0.354. The van der Waals surface area contributed by atoms with Crippen molar-refractivity contribution in [3.63, 3.8) is 0 Å². The normalized spacial score (nSPS) is 13.2. The minimum Gasteiger partial charge on any atom is -0.374 e. The second-order valence-electron chi connectivity index (χ2n) is 3.26. The highest BCUT2D eigenvalue weighted by atomic mass is 28.4. The van der Waals surface area contributed by atoms with Crippen molar-refractivity contribution in [2.75, 3.05) is 19.8 Å². The molecule has 0 amide bonds. The van der Waals surface area contributed by atoms with Crippen molar-refractivity contribution in [3.8, 4) is 0 Å². The summed E-state index contributed by atoms with van der Waals surface area (Å²) in [5, 5.41) is 0. The first-order chi connectivity index (χ1) is 7.64. The Kier molecular flexibility index (Phi) is 8.33. The molecule has 0 fully saturated rings. The van der Waals surface area contributed by atoms with E-state index in [-0.39, 0.29) is 6.04 Å². The molecule has 1 atom stereocenters. The third-order valence-electron chi connectivity index (χ3n) is 1.91. The third-order valence-corrected chi connectivity index (χ3v) is 5.19. The number of hydrogen-bond donors (Lipinski definition) is 0. The first-order valence-corrected chi connectivity index (χ1v) is 7.56. The van der Waals surface area contributed by atoms with E-state index in [1.807, 2.05) is 27.7 Å². The monoisotopic (exact) mass is 247 g/mol. The fourth-order valence-electron chi connectivity index (χ4n) is 1.46. The Hall–Kier alpha value is -0.523. The summed E-state index contributed by atoms with van der Waals surface area (Å²) in [5.74, 6) is 0. The van der Waals surface area contributed by atoms with Gasteiger partial charge < -0.3 is 13.3 Å². The number of aliphatic imine (C=N–C) groups is 1. The molecule has 0 aliphatic heterocycles. The van der Waals surface area contributed by atoms with E-state index in [4.69, 9.17) is 13.3 Å². The van der Waals surface area contributed by atoms with Gasteiger partial charge in [-0.15, -0.1) is 0 Å². The van der Waals surface area contributed by atoms with E-state index in [1.54, 1.807) is 6.08 Å². The van der Waals surface area contributed by atoms with Gasteiger partial charge in [-0.2, -0.15) is 0 Å². The molecule has 0 saturated carbocycles. The molecule has 0 saturated heterocycles. The summed E-state index contributed by atoms with van der Waals surface area (Å²) >= 11 is 0. The molecule has 0 aliphatic carbocycles. The molecule has 1 unspecified atom stereocenters. The van der Waals surface area contributed by atoms with E-state index in [9.17, 15) is 4.79 Å². The van der Waals surface area contributed by atoms with E-state index in [2.05, 4.69) is 4.99 Å². The Balaban J connectivity index is 4.63. The fraction of sp³-hybridized carbons (Fsp3) is 0.900. The summed E-state index contributed by atoms with van der Waals surface area (Å²) in [7, 11) is -2.67. The van der Waals surface area contributed by atoms with Crippen LogP contribution in [0.15, 0.2) is 4.99 Å². The Labute approximate surface area is 98.2 Å². The second-order valence-corrected chi connectivity index (χ2v) is 5.90. The molecule has 16 heavy (non-hydrogen) atoms. The molecule has 0 aromatic rings. The van der Waals surface area contributed by atoms with Crippen LogP contribution in [-0.2, 0) is 18.1 Å². The lowest BCUT2D eigenvalue weighted by Gasteiger charge is -2.29. The molecule has 0 spiro atoms. The Morgan fingerprint density at radius 3 is 1.88 bits per heavy atom. The molecule has 0 aromatic heterocycles. The van der Waals surface area contributed by atoms with Crippen LogP contribution < -0.4 is 0 Å². The molecule has 0 N–H and O–H groups in total. The lowest BCUT2D eigenvalue weighted by molar-refractivity contribution is 0.0701. The van der Waals surface area contributed by atoms with Crippen LogP contribution in [0.4, 0.5) is 0 Å². The maximum Gasteiger partial charge on any atom is 0.503 e. The Bertz CT molecular complexity index is 214. The summed E-state index contributed by atoms with van der Waals surface area (Å²) in [6, 6.07) is 0.325. The highest BCUT2D eigenvalue weighted by Gasteiger charge is 2.41. The third kappa shape index (κ3) is 5.53. The predicted octanol–water partition coefficient (Wildman–Crippen LogP) is 1.76. The fourth-order valence-corrected chi connectivity index (χ4v) is 4.20. The zero-order chi connectivity index (χ0) is 12.4. The first kappa shape index (κ1) is 15.5. The molecular formula is C10H21NO4Si. The minimum absolute atomic E-state index is 0.186. The highest BCUT2D eigenvalue weighted by Crippen LogP contribution is 2.19. The van der Waals surface area contributed by atoms with Gasteiger partial charge in [-0.1, -0.05) is 0 Å². The van der Waals surface area contributed by atoms with Crippen LogP contribution in [0.5, 0.6) is 0 Å². The Morgan fingerprint density at radius 2 is 1.56 bits per heavy atom. The Morgan fingerprint density at radius 1 is 1.12 bits per heavy atom. The van der Waals surface area contributed by atoms with Gasteiger partial charge in [0.25, 0.3) is 0 Å². The van der Waals surface area contributed by atoms with Crippen molar-refractivity contribution in [1.82, 2.24) is 0 Å². The predicted molar refractivity (Wildman–Crippen MR) is 63.0 cm³/mol. The van der Waals surface area contributed by atoms with Gasteiger partial charge in [0.2, 0.25) is 6.08 Å². The lowest BCUT2D eigenvalue weighted by atomic mass is 10.4. The van der Waals surface area contributed by atoms with E-state index in [0.717, 1.165) is 0 Å². The molecule has 5 nitrogen and oxygen atoms in total. The number of hydrogen-bond acceptors (Lipinski definition) is 5. The summed E-state index contributed by atoms with van der Waals surface area (Å²) in [4.78, 5) is 13.8. The molecule has 6 heteroatoms. The van der Waals surface area contributed by atoms with Gasteiger partial charge in [0, 0.05) is 25.9 Å². The number of isocyanates is 1. The smallest absolute Gasteiger partial charge is 0.374 e. The second kappa shape index (κ2) is 8.61. The number of carbonyl (C=O) groups excluding carboxylic acids is 1. The van der Waals surface area contributed by atoms with Gasteiger partial charge in [0.15, 0.2) is 0 Å². The van der Waals surface area contributed by atoms with Crippen molar-refractivity contribution >= 4 is 14.9 Å². The van der Waals surface area contributed by atoms with Crippen molar-refractivity contribution in [3.05, 3.63) is 0 Å². The SMILES string of the molecule is CCO[Si](CC(C)N=C=O)(OCC)OCC. The van der Waals surface area contributed by atoms with Crippen molar-refractivity contribution < 1.29 is 18.1 Å². The van der Waals surface area contributed by atoms with E-state index < -0.39 is 8.80 Å². The summed E-state index contributed by atoms with van der Waals surface area (Å²) in [5.41, 5.74) is 0. The molecule has 0 bridgehead atoms. The van der Waals surface area contributed by atoms with Gasteiger partial charge >= 0.3 is 8.80 Å². The van der Waals surface area contributed by atoms with Crippen LogP contribution in [0.25, 0.3) is 0 Å². The number of nitrogens with zero attached hydrogens (tertiary/aromatic N) is 1. The van der Waals surface area contributed by atoms with Gasteiger partial charge in [-0.25, -0.2) is 9.79 Å². The molecule has 0 heterocycles. The van der Waals surface area contributed by atoms with Crippen LogP contribution in [0.1, 0.15) is 27.7 Å². The highest BCUT2D eigenvalue weighted by molar-refractivity contribution is 6.60. The molecule has 0 radical (unpaired) electrons. The molecule has 0 aliphatic rings. The lowest BCUT2D eigenvalue weighted by Crippen LogP contribution is -2.47. The molecule has 0 aromatic carbocycles. The summed E-state index contributed by atoms with van der Waals surface area (Å²) in [6.45, 7) is 9.11. The average molecular weight is 247 g/mol. The summed E-state index contributed by atoms with van der Waals surface area (Å²) < 4.78 is 16.9. The minimum atomic E-state index is -2.67. The van der Waals surface area contributed by atoms with Crippen LogP contribution in [0, 0.1) is 0 Å². The van der Waals surface area contributed by atoms with Gasteiger partial charge in [0.1, 0.15) is 0 Å². The molecule has 0 rings (SSSR count). The molecule has 94 valence electrons. The van der Waals surface area contributed by atoms with E-state index in [0.29, 0.717) is 25.9 Å². The zero-order valence-corrected chi connectivity index (χ0v) is 11.5. The van der Waals surface area contributed by atoms with Crippen molar-refractivity contribution in [2.24, 2.45) is 4.99 Å². The van der Waals surface area contributed by atoms with Crippen LogP contribution >= 0.6 is 0 Å². The van der Waals surface area contributed by atoms with Gasteiger partial charge in [-0.3, -0.25) is 0 Å². The largest absolute Gasteiger partial charge is 0.503 e. The van der Waals surface area contributed by atoms with Crippen molar-refractivity contribution in [2.45, 2.75) is 39.8 Å². The number of rotatable bonds is 9. The molecular weight excluding hydrogens is 226 g/mol.